The maximum Gasteiger partial charge on any atom is 0.219 e. The summed E-state index contributed by atoms with van der Waals surface area (Å²) in [5.41, 5.74) is -0.296. The van der Waals surface area contributed by atoms with Gasteiger partial charge in [-0.15, -0.1) is 0 Å². The standard InChI is InChI=1S/C13H22N4O/c1-12(18)16-7-9-17(10-8-16)13(11-14)3-5-15(2)6-4-13/h3-10H2,1-2H3. The van der Waals surface area contributed by atoms with E-state index in [1.165, 1.54) is 0 Å². The molecule has 18 heavy (non-hydrogen) atoms. The Morgan fingerprint density at radius 1 is 1.11 bits per heavy atom. The lowest BCUT2D eigenvalue weighted by Gasteiger charge is -2.47. The molecule has 2 rings (SSSR count). The minimum atomic E-state index is -0.296. The summed E-state index contributed by atoms with van der Waals surface area (Å²) in [6, 6.07) is 2.55. The fourth-order valence-corrected chi connectivity index (χ4v) is 2.94. The average Bonchev–Trinajstić information content (AvgIpc) is 2.40. The summed E-state index contributed by atoms with van der Waals surface area (Å²) < 4.78 is 0. The van der Waals surface area contributed by atoms with Crippen LogP contribution < -0.4 is 0 Å². The van der Waals surface area contributed by atoms with E-state index in [1.807, 2.05) is 4.90 Å². The normalized spacial score (nSPS) is 25.7. The van der Waals surface area contributed by atoms with Crippen molar-refractivity contribution in [1.82, 2.24) is 14.7 Å². The highest BCUT2D eigenvalue weighted by atomic mass is 16.2. The Morgan fingerprint density at radius 3 is 2.11 bits per heavy atom. The number of rotatable bonds is 1. The van der Waals surface area contributed by atoms with Gasteiger partial charge >= 0.3 is 0 Å². The Labute approximate surface area is 109 Å². The molecule has 0 saturated carbocycles. The fraction of sp³-hybridized carbons (Fsp3) is 0.846. The van der Waals surface area contributed by atoms with E-state index in [9.17, 15) is 10.1 Å². The Kier molecular flexibility index (Phi) is 3.88. The molecule has 0 N–H and O–H groups in total. The van der Waals surface area contributed by atoms with Crippen LogP contribution >= 0.6 is 0 Å². The van der Waals surface area contributed by atoms with Gasteiger partial charge in [0.1, 0.15) is 5.54 Å². The van der Waals surface area contributed by atoms with E-state index >= 15 is 0 Å². The van der Waals surface area contributed by atoms with Crippen LogP contribution in [0, 0.1) is 11.3 Å². The zero-order valence-corrected chi connectivity index (χ0v) is 11.4. The molecule has 1 amide bonds. The van der Waals surface area contributed by atoms with Gasteiger partial charge in [-0.2, -0.15) is 5.26 Å². The van der Waals surface area contributed by atoms with E-state index in [1.54, 1.807) is 6.92 Å². The second-order valence-corrected chi connectivity index (χ2v) is 5.44. The Hall–Kier alpha value is -1.12. The van der Waals surface area contributed by atoms with E-state index < -0.39 is 0 Å². The SMILES string of the molecule is CC(=O)N1CCN(C2(C#N)CCN(C)CC2)CC1. The maximum atomic E-state index is 11.3. The summed E-state index contributed by atoms with van der Waals surface area (Å²) in [4.78, 5) is 17.8. The highest BCUT2D eigenvalue weighted by Gasteiger charge is 2.40. The predicted molar refractivity (Wildman–Crippen MR) is 68.9 cm³/mol. The average molecular weight is 250 g/mol. The summed E-state index contributed by atoms with van der Waals surface area (Å²) in [5, 5.41) is 9.56. The molecule has 0 unspecified atom stereocenters. The Bertz CT molecular complexity index is 346. The van der Waals surface area contributed by atoms with E-state index in [4.69, 9.17) is 0 Å². The third-order valence-corrected chi connectivity index (χ3v) is 4.35. The number of nitriles is 1. The smallest absolute Gasteiger partial charge is 0.219 e. The molecule has 2 fully saturated rings. The van der Waals surface area contributed by atoms with Crippen molar-refractivity contribution in [3.8, 4) is 6.07 Å². The number of hydrogen-bond acceptors (Lipinski definition) is 4. The van der Waals surface area contributed by atoms with Crippen LogP contribution in [0.3, 0.4) is 0 Å². The molecule has 5 heteroatoms. The summed E-state index contributed by atoms with van der Waals surface area (Å²) in [6.45, 7) is 6.77. The van der Waals surface area contributed by atoms with E-state index in [2.05, 4.69) is 22.9 Å². The summed E-state index contributed by atoms with van der Waals surface area (Å²) in [5.74, 6) is 0.143. The molecule has 5 nitrogen and oxygen atoms in total. The molecule has 0 bridgehead atoms. The highest BCUT2D eigenvalue weighted by molar-refractivity contribution is 5.73. The lowest BCUT2D eigenvalue weighted by atomic mass is 9.86. The van der Waals surface area contributed by atoms with Crippen molar-refractivity contribution in [3.05, 3.63) is 0 Å². The first kappa shape index (κ1) is 13.3. The fourth-order valence-electron chi connectivity index (χ4n) is 2.94. The van der Waals surface area contributed by atoms with Crippen molar-refractivity contribution < 1.29 is 4.79 Å². The predicted octanol–water partition coefficient (Wildman–Crippen LogP) is 0.138. The number of amides is 1. The summed E-state index contributed by atoms with van der Waals surface area (Å²) >= 11 is 0. The van der Waals surface area contributed by atoms with Crippen LogP contribution in [0.15, 0.2) is 0 Å². The summed E-state index contributed by atoms with van der Waals surface area (Å²) in [7, 11) is 2.11. The third kappa shape index (κ3) is 2.50. The number of piperidine rings is 1. The van der Waals surface area contributed by atoms with Gasteiger partial charge in [0.25, 0.3) is 0 Å². The first-order valence-electron chi connectivity index (χ1n) is 6.68. The number of piperazine rings is 1. The number of likely N-dealkylation sites (tertiary alicyclic amines) is 1. The van der Waals surface area contributed by atoms with Gasteiger partial charge in [-0.1, -0.05) is 0 Å². The molecule has 2 aliphatic heterocycles. The zero-order chi connectivity index (χ0) is 13.2. The van der Waals surface area contributed by atoms with Crippen LogP contribution in [0.2, 0.25) is 0 Å². The van der Waals surface area contributed by atoms with Crippen LogP contribution in [0.4, 0.5) is 0 Å². The van der Waals surface area contributed by atoms with Crippen LogP contribution in [0.5, 0.6) is 0 Å². The lowest BCUT2D eigenvalue weighted by molar-refractivity contribution is -0.131. The quantitative estimate of drug-likeness (QED) is 0.664. The molecule has 0 aromatic rings. The van der Waals surface area contributed by atoms with Crippen LogP contribution in [-0.4, -0.2) is 72.5 Å². The van der Waals surface area contributed by atoms with Crippen molar-refractivity contribution in [2.24, 2.45) is 0 Å². The van der Waals surface area contributed by atoms with E-state index in [0.29, 0.717) is 0 Å². The first-order valence-corrected chi connectivity index (χ1v) is 6.68. The zero-order valence-electron chi connectivity index (χ0n) is 11.4. The lowest BCUT2D eigenvalue weighted by Crippen LogP contribution is -2.60. The van der Waals surface area contributed by atoms with Gasteiger partial charge in [0.15, 0.2) is 0 Å². The Morgan fingerprint density at radius 2 is 1.67 bits per heavy atom. The van der Waals surface area contributed by atoms with Gasteiger partial charge in [-0.05, 0) is 19.9 Å². The van der Waals surface area contributed by atoms with Gasteiger partial charge < -0.3 is 9.80 Å². The molecular weight excluding hydrogens is 228 g/mol. The van der Waals surface area contributed by atoms with Gasteiger partial charge in [0, 0.05) is 46.2 Å². The third-order valence-electron chi connectivity index (χ3n) is 4.35. The van der Waals surface area contributed by atoms with Crippen LogP contribution in [0.1, 0.15) is 19.8 Å². The maximum absolute atomic E-state index is 11.3. The van der Waals surface area contributed by atoms with Gasteiger partial charge in [0.2, 0.25) is 5.91 Å². The number of hydrogen-bond donors (Lipinski definition) is 0. The summed E-state index contributed by atoms with van der Waals surface area (Å²) in [6.07, 6.45) is 1.83. The first-order chi connectivity index (χ1) is 8.57. The van der Waals surface area contributed by atoms with E-state index in [-0.39, 0.29) is 11.4 Å². The van der Waals surface area contributed by atoms with Crippen LogP contribution in [0.25, 0.3) is 0 Å². The van der Waals surface area contributed by atoms with Crippen molar-refractivity contribution in [2.75, 3.05) is 46.3 Å². The van der Waals surface area contributed by atoms with E-state index in [0.717, 1.165) is 52.1 Å². The molecule has 100 valence electrons. The van der Waals surface area contributed by atoms with Crippen molar-refractivity contribution in [1.29, 1.82) is 5.26 Å². The molecule has 0 aromatic heterocycles. The number of carbonyl (C=O) groups is 1. The monoisotopic (exact) mass is 250 g/mol. The second kappa shape index (κ2) is 5.25. The largest absolute Gasteiger partial charge is 0.340 e. The molecule has 0 radical (unpaired) electrons. The molecule has 0 atom stereocenters. The minimum Gasteiger partial charge on any atom is -0.340 e. The molecule has 2 saturated heterocycles. The molecule has 2 heterocycles. The molecule has 0 spiro atoms. The van der Waals surface area contributed by atoms with Crippen molar-refractivity contribution in [2.45, 2.75) is 25.3 Å². The minimum absolute atomic E-state index is 0.143. The highest BCUT2D eigenvalue weighted by Crippen LogP contribution is 2.28. The van der Waals surface area contributed by atoms with Crippen LogP contribution in [-0.2, 0) is 4.79 Å². The molecule has 0 aromatic carbocycles. The topological polar surface area (TPSA) is 50.6 Å². The molecule has 2 aliphatic rings. The molecular formula is C13H22N4O. The van der Waals surface area contributed by atoms with Gasteiger partial charge in [0.05, 0.1) is 6.07 Å². The molecule has 0 aliphatic carbocycles. The number of nitrogens with zero attached hydrogens (tertiary/aromatic N) is 4. The second-order valence-electron chi connectivity index (χ2n) is 5.44. The van der Waals surface area contributed by atoms with Gasteiger partial charge in [-0.25, -0.2) is 0 Å². The Balaban J connectivity index is 1.99. The van der Waals surface area contributed by atoms with Gasteiger partial charge in [-0.3, -0.25) is 9.69 Å². The van der Waals surface area contributed by atoms with Crippen molar-refractivity contribution >= 4 is 5.91 Å². The van der Waals surface area contributed by atoms with Crippen molar-refractivity contribution in [3.63, 3.8) is 0 Å². The number of carbonyl (C=O) groups excluding carboxylic acids is 1.